The first-order chi connectivity index (χ1) is 12.8. The highest BCUT2D eigenvalue weighted by Gasteiger charge is 2.37. The normalized spacial score (nSPS) is 33.1. The molecule has 4 rings (SSSR count). The summed E-state index contributed by atoms with van der Waals surface area (Å²) in [6.07, 6.45) is 14.3. The summed E-state index contributed by atoms with van der Waals surface area (Å²) in [5, 5.41) is 3.65. The van der Waals surface area contributed by atoms with Gasteiger partial charge in [-0.3, -0.25) is 9.89 Å². The minimum Gasteiger partial charge on any atom is -0.373 e. The van der Waals surface area contributed by atoms with Crippen molar-refractivity contribution in [1.29, 1.82) is 0 Å². The van der Waals surface area contributed by atoms with Crippen LogP contribution in [0.5, 0.6) is 0 Å². The number of hydrogen-bond donors (Lipinski definition) is 1. The lowest BCUT2D eigenvalue weighted by molar-refractivity contribution is -0.0456. The molecule has 4 fully saturated rings. The van der Waals surface area contributed by atoms with Gasteiger partial charge in [0.25, 0.3) is 0 Å². The number of piperidine rings is 1. The third kappa shape index (κ3) is 4.19. The van der Waals surface area contributed by atoms with Gasteiger partial charge in [0.05, 0.1) is 12.7 Å². The largest absolute Gasteiger partial charge is 0.373 e. The molecule has 0 aromatic carbocycles. The molecule has 5 heteroatoms. The molecule has 148 valence electrons. The Morgan fingerprint density at radius 3 is 2.69 bits per heavy atom. The second kappa shape index (κ2) is 8.47. The van der Waals surface area contributed by atoms with E-state index in [1.54, 1.807) is 0 Å². The topological polar surface area (TPSA) is 40.1 Å². The average molecular weight is 363 g/mol. The van der Waals surface area contributed by atoms with E-state index in [4.69, 9.17) is 4.74 Å². The van der Waals surface area contributed by atoms with Crippen molar-refractivity contribution in [1.82, 2.24) is 15.1 Å². The van der Waals surface area contributed by atoms with Crippen molar-refractivity contribution in [3.05, 3.63) is 0 Å². The van der Waals surface area contributed by atoms with Gasteiger partial charge >= 0.3 is 0 Å². The first kappa shape index (κ1) is 18.5. The van der Waals surface area contributed by atoms with Crippen molar-refractivity contribution in [2.45, 2.75) is 76.4 Å². The number of likely N-dealkylation sites (tertiary alicyclic amines) is 1. The molecule has 0 aromatic rings. The molecular weight excluding hydrogens is 324 g/mol. The molecule has 4 aliphatic rings. The Morgan fingerprint density at radius 2 is 1.88 bits per heavy atom. The van der Waals surface area contributed by atoms with Crippen molar-refractivity contribution in [3.63, 3.8) is 0 Å². The van der Waals surface area contributed by atoms with Crippen LogP contribution in [0.4, 0.5) is 0 Å². The maximum Gasteiger partial charge on any atom is 0.193 e. The fraction of sp³-hybridized carbons (Fsp3) is 0.952. The zero-order valence-corrected chi connectivity index (χ0v) is 16.7. The third-order valence-electron chi connectivity index (χ3n) is 7.29. The van der Waals surface area contributed by atoms with Crippen LogP contribution in [0.15, 0.2) is 4.99 Å². The van der Waals surface area contributed by atoms with Gasteiger partial charge in [-0.1, -0.05) is 25.7 Å². The first-order valence-electron chi connectivity index (χ1n) is 11.1. The molecule has 3 saturated heterocycles. The Kier molecular flexibility index (Phi) is 6.04. The molecule has 0 radical (unpaired) electrons. The Labute approximate surface area is 159 Å². The number of nitrogens with zero attached hydrogens (tertiary/aromatic N) is 3. The van der Waals surface area contributed by atoms with Gasteiger partial charge < -0.3 is 15.0 Å². The summed E-state index contributed by atoms with van der Waals surface area (Å²) >= 11 is 0. The summed E-state index contributed by atoms with van der Waals surface area (Å²) in [4.78, 5) is 9.79. The quantitative estimate of drug-likeness (QED) is 0.606. The molecule has 1 spiro atoms. The molecule has 0 aromatic heterocycles. The summed E-state index contributed by atoms with van der Waals surface area (Å²) in [5.74, 6) is 1.10. The Morgan fingerprint density at radius 1 is 1.08 bits per heavy atom. The summed E-state index contributed by atoms with van der Waals surface area (Å²) in [6, 6.07) is 0.683. The number of morpholine rings is 1. The van der Waals surface area contributed by atoms with E-state index < -0.39 is 0 Å². The predicted molar refractivity (Wildman–Crippen MR) is 107 cm³/mol. The van der Waals surface area contributed by atoms with Crippen molar-refractivity contribution >= 4 is 5.96 Å². The van der Waals surface area contributed by atoms with Gasteiger partial charge in [-0.25, -0.2) is 0 Å². The van der Waals surface area contributed by atoms with Gasteiger partial charge in [0.1, 0.15) is 0 Å². The number of hydrogen-bond acceptors (Lipinski definition) is 3. The fourth-order valence-corrected chi connectivity index (χ4v) is 5.82. The smallest absolute Gasteiger partial charge is 0.193 e. The molecule has 2 atom stereocenters. The SMILES string of the molecule is CN=C(NCC1CN2CCCC2CO1)N1CCCC2(CCCCCC2)C1. The lowest BCUT2D eigenvalue weighted by atomic mass is 9.74. The summed E-state index contributed by atoms with van der Waals surface area (Å²) in [5.41, 5.74) is 0.552. The Bertz CT molecular complexity index is 486. The minimum absolute atomic E-state index is 0.303. The minimum atomic E-state index is 0.303. The van der Waals surface area contributed by atoms with Crippen LogP contribution < -0.4 is 5.32 Å². The number of rotatable bonds is 2. The number of ether oxygens (including phenoxy) is 1. The van der Waals surface area contributed by atoms with Crippen molar-refractivity contribution in [2.24, 2.45) is 10.4 Å². The number of aliphatic imine (C=N–C) groups is 1. The van der Waals surface area contributed by atoms with E-state index in [1.807, 2.05) is 7.05 Å². The van der Waals surface area contributed by atoms with Crippen LogP contribution in [0.1, 0.15) is 64.2 Å². The van der Waals surface area contributed by atoms with Crippen LogP contribution in [0, 0.1) is 5.41 Å². The highest BCUT2D eigenvalue weighted by Crippen LogP contribution is 2.42. The summed E-state index contributed by atoms with van der Waals surface area (Å²) in [6.45, 7) is 6.50. The molecule has 1 aliphatic carbocycles. The zero-order chi connectivity index (χ0) is 17.8. The van der Waals surface area contributed by atoms with E-state index in [0.717, 1.165) is 32.2 Å². The maximum atomic E-state index is 6.12. The molecule has 1 N–H and O–H groups in total. The zero-order valence-electron chi connectivity index (χ0n) is 16.7. The molecule has 0 bridgehead atoms. The van der Waals surface area contributed by atoms with E-state index in [0.29, 0.717) is 17.6 Å². The number of fused-ring (bicyclic) bond motifs is 1. The molecule has 1 saturated carbocycles. The molecule has 3 aliphatic heterocycles. The molecule has 2 unspecified atom stereocenters. The molecule has 5 nitrogen and oxygen atoms in total. The molecule has 3 heterocycles. The lowest BCUT2D eigenvalue weighted by Gasteiger charge is -2.44. The van der Waals surface area contributed by atoms with Crippen LogP contribution in [0.3, 0.4) is 0 Å². The van der Waals surface area contributed by atoms with Crippen LogP contribution in [0.25, 0.3) is 0 Å². The van der Waals surface area contributed by atoms with E-state index >= 15 is 0 Å². The van der Waals surface area contributed by atoms with E-state index in [9.17, 15) is 0 Å². The van der Waals surface area contributed by atoms with Gasteiger partial charge in [0.15, 0.2) is 5.96 Å². The molecule has 26 heavy (non-hydrogen) atoms. The van der Waals surface area contributed by atoms with E-state index in [2.05, 4.69) is 20.1 Å². The highest BCUT2D eigenvalue weighted by molar-refractivity contribution is 5.80. The second-order valence-electron chi connectivity index (χ2n) is 9.11. The van der Waals surface area contributed by atoms with Crippen LogP contribution in [-0.4, -0.2) is 74.3 Å². The van der Waals surface area contributed by atoms with Crippen LogP contribution >= 0.6 is 0 Å². The van der Waals surface area contributed by atoms with Gasteiger partial charge in [0, 0.05) is 39.3 Å². The van der Waals surface area contributed by atoms with Crippen LogP contribution in [-0.2, 0) is 4.74 Å². The second-order valence-corrected chi connectivity index (χ2v) is 9.11. The van der Waals surface area contributed by atoms with E-state index in [1.165, 1.54) is 77.3 Å². The first-order valence-corrected chi connectivity index (χ1v) is 11.1. The Hall–Kier alpha value is -0.810. The van der Waals surface area contributed by atoms with Crippen molar-refractivity contribution in [2.75, 3.05) is 46.4 Å². The fourth-order valence-electron chi connectivity index (χ4n) is 5.82. The van der Waals surface area contributed by atoms with Gasteiger partial charge in [0.2, 0.25) is 0 Å². The van der Waals surface area contributed by atoms with Crippen LogP contribution in [0.2, 0.25) is 0 Å². The Balaban J connectivity index is 1.30. The standard InChI is InChI=1S/C21H38N4O/c1-22-20(23-14-19-15-24-12-6-8-18(24)16-26-19)25-13-7-11-21(17-25)9-4-2-3-5-10-21/h18-19H,2-17H2,1H3,(H,22,23). The third-order valence-corrected chi connectivity index (χ3v) is 7.29. The number of nitrogens with one attached hydrogen (secondary N) is 1. The van der Waals surface area contributed by atoms with Gasteiger partial charge in [-0.05, 0) is 50.5 Å². The monoisotopic (exact) mass is 362 g/mol. The summed E-state index contributed by atoms with van der Waals surface area (Å²) in [7, 11) is 1.94. The predicted octanol–water partition coefficient (Wildman–Crippen LogP) is 2.86. The van der Waals surface area contributed by atoms with Gasteiger partial charge in [-0.15, -0.1) is 0 Å². The van der Waals surface area contributed by atoms with Gasteiger partial charge in [-0.2, -0.15) is 0 Å². The highest BCUT2D eigenvalue weighted by atomic mass is 16.5. The van der Waals surface area contributed by atoms with Crippen molar-refractivity contribution in [3.8, 4) is 0 Å². The molecule has 0 amide bonds. The average Bonchev–Trinajstić information content (AvgIpc) is 3.02. The van der Waals surface area contributed by atoms with E-state index in [-0.39, 0.29) is 0 Å². The summed E-state index contributed by atoms with van der Waals surface area (Å²) < 4.78 is 6.12. The molecular formula is C21H38N4O. The van der Waals surface area contributed by atoms with Crippen molar-refractivity contribution < 1.29 is 4.74 Å². The lowest BCUT2D eigenvalue weighted by Crippen LogP contribution is -2.54. The number of guanidine groups is 1. The maximum absolute atomic E-state index is 6.12.